The summed E-state index contributed by atoms with van der Waals surface area (Å²) < 4.78 is 43.1. The van der Waals surface area contributed by atoms with Crippen molar-refractivity contribution in [1.82, 2.24) is 10.2 Å². The molecule has 7 heteroatoms. The highest BCUT2D eigenvalue weighted by Crippen LogP contribution is 2.31. The van der Waals surface area contributed by atoms with E-state index in [1.54, 1.807) is 4.90 Å². The summed E-state index contributed by atoms with van der Waals surface area (Å²) in [5, 5.41) is 3.03. The summed E-state index contributed by atoms with van der Waals surface area (Å²) in [7, 11) is 1.82. The van der Waals surface area contributed by atoms with Gasteiger partial charge in [-0.3, -0.25) is 4.79 Å². The highest BCUT2D eigenvalue weighted by molar-refractivity contribution is 5.78. The molecule has 1 N–H and O–H groups in total. The van der Waals surface area contributed by atoms with Gasteiger partial charge in [0.05, 0.1) is 5.56 Å². The Balaban J connectivity index is 1.94. The number of hydrogen-bond acceptors (Lipinski definition) is 3. The second kappa shape index (κ2) is 7.00. The van der Waals surface area contributed by atoms with Crippen LogP contribution in [0.4, 0.5) is 13.2 Å². The molecular weight excluding hydrogens is 297 g/mol. The van der Waals surface area contributed by atoms with E-state index in [9.17, 15) is 18.0 Å². The van der Waals surface area contributed by atoms with E-state index in [-0.39, 0.29) is 24.3 Å². The molecule has 0 bridgehead atoms. The molecule has 1 fully saturated rings. The van der Waals surface area contributed by atoms with Gasteiger partial charge < -0.3 is 15.0 Å². The second-order valence-electron chi connectivity index (χ2n) is 5.26. The fraction of sp³-hybridized carbons (Fsp3) is 0.533. The van der Waals surface area contributed by atoms with Crippen molar-refractivity contribution in [2.45, 2.75) is 25.1 Å². The average molecular weight is 316 g/mol. The van der Waals surface area contributed by atoms with Gasteiger partial charge in [-0.25, -0.2) is 0 Å². The molecule has 1 saturated heterocycles. The minimum absolute atomic E-state index is 0.0486. The number of rotatable bonds is 5. The van der Waals surface area contributed by atoms with Crippen molar-refractivity contribution in [1.29, 1.82) is 0 Å². The molecule has 0 aliphatic carbocycles. The SMILES string of the molecule is CNCC1CCCN1C(=O)COc1cccc(C(F)(F)F)c1. The lowest BCUT2D eigenvalue weighted by atomic mass is 10.2. The van der Waals surface area contributed by atoms with Crippen molar-refractivity contribution in [2.75, 3.05) is 26.7 Å². The van der Waals surface area contributed by atoms with Gasteiger partial charge in [0, 0.05) is 19.1 Å². The van der Waals surface area contributed by atoms with Gasteiger partial charge in [0.25, 0.3) is 5.91 Å². The van der Waals surface area contributed by atoms with E-state index in [1.807, 2.05) is 7.05 Å². The van der Waals surface area contributed by atoms with Crippen LogP contribution in [-0.2, 0) is 11.0 Å². The Bertz CT molecular complexity index is 520. The zero-order chi connectivity index (χ0) is 16.2. The lowest BCUT2D eigenvalue weighted by molar-refractivity contribution is -0.137. The topological polar surface area (TPSA) is 41.6 Å². The summed E-state index contributed by atoms with van der Waals surface area (Å²) in [5.41, 5.74) is -0.785. The molecule has 0 spiro atoms. The molecule has 1 aliphatic heterocycles. The predicted molar refractivity (Wildman–Crippen MR) is 75.6 cm³/mol. The van der Waals surface area contributed by atoms with Crippen molar-refractivity contribution in [3.8, 4) is 5.75 Å². The van der Waals surface area contributed by atoms with E-state index in [1.165, 1.54) is 12.1 Å². The first-order valence-corrected chi connectivity index (χ1v) is 7.16. The molecule has 0 saturated carbocycles. The van der Waals surface area contributed by atoms with Crippen molar-refractivity contribution in [3.05, 3.63) is 29.8 Å². The monoisotopic (exact) mass is 316 g/mol. The predicted octanol–water partition coefficient (Wildman–Crippen LogP) is 2.29. The summed E-state index contributed by atoms with van der Waals surface area (Å²) in [6.07, 6.45) is -2.56. The van der Waals surface area contributed by atoms with Crippen molar-refractivity contribution in [2.24, 2.45) is 0 Å². The van der Waals surface area contributed by atoms with Crippen LogP contribution in [-0.4, -0.2) is 43.6 Å². The maximum absolute atomic E-state index is 12.6. The molecule has 0 aromatic heterocycles. The number of nitrogens with one attached hydrogen (secondary N) is 1. The number of hydrogen-bond donors (Lipinski definition) is 1. The molecule has 4 nitrogen and oxygen atoms in total. The van der Waals surface area contributed by atoms with Gasteiger partial charge >= 0.3 is 6.18 Å². The molecule has 22 heavy (non-hydrogen) atoms. The Morgan fingerprint density at radius 1 is 1.45 bits per heavy atom. The molecule has 1 unspecified atom stereocenters. The first-order valence-electron chi connectivity index (χ1n) is 7.16. The summed E-state index contributed by atoms with van der Waals surface area (Å²) in [4.78, 5) is 13.9. The molecule has 1 amide bonds. The van der Waals surface area contributed by atoms with Crippen LogP contribution >= 0.6 is 0 Å². The standard InChI is InChI=1S/C15H19F3N2O2/c1-19-9-12-5-3-7-20(12)14(21)10-22-13-6-2-4-11(8-13)15(16,17)18/h2,4,6,8,12,19H,3,5,7,9-10H2,1H3. The minimum Gasteiger partial charge on any atom is -0.484 e. The molecule has 1 atom stereocenters. The first kappa shape index (κ1) is 16.6. The molecular formula is C15H19F3N2O2. The van der Waals surface area contributed by atoms with E-state index in [0.29, 0.717) is 13.1 Å². The van der Waals surface area contributed by atoms with Gasteiger partial charge in [-0.1, -0.05) is 6.07 Å². The number of halogens is 3. The Kier molecular flexibility index (Phi) is 5.28. The minimum atomic E-state index is -4.42. The quantitative estimate of drug-likeness (QED) is 0.906. The third kappa shape index (κ3) is 4.13. The first-order chi connectivity index (χ1) is 10.4. The fourth-order valence-electron chi connectivity index (χ4n) is 2.60. The van der Waals surface area contributed by atoms with Crippen LogP contribution in [0.3, 0.4) is 0 Å². The smallest absolute Gasteiger partial charge is 0.416 e. The average Bonchev–Trinajstić information content (AvgIpc) is 2.93. The third-order valence-electron chi connectivity index (χ3n) is 3.66. The van der Waals surface area contributed by atoms with Crippen LogP contribution in [0.25, 0.3) is 0 Å². The number of carbonyl (C=O) groups is 1. The zero-order valence-corrected chi connectivity index (χ0v) is 12.3. The van der Waals surface area contributed by atoms with E-state index in [4.69, 9.17) is 4.74 Å². The number of carbonyl (C=O) groups excluding carboxylic acids is 1. The van der Waals surface area contributed by atoms with Crippen molar-refractivity contribution in [3.63, 3.8) is 0 Å². The van der Waals surface area contributed by atoms with E-state index in [0.717, 1.165) is 25.0 Å². The van der Waals surface area contributed by atoms with Crippen LogP contribution in [0, 0.1) is 0 Å². The fourth-order valence-corrected chi connectivity index (χ4v) is 2.60. The number of amides is 1. The summed E-state index contributed by atoms with van der Waals surface area (Å²) >= 11 is 0. The largest absolute Gasteiger partial charge is 0.484 e. The van der Waals surface area contributed by atoms with Crippen LogP contribution in [0.5, 0.6) is 5.75 Å². The molecule has 1 heterocycles. The number of likely N-dealkylation sites (N-methyl/N-ethyl adjacent to an activating group) is 1. The number of nitrogens with zero attached hydrogens (tertiary/aromatic N) is 1. The zero-order valence-electron chi connectivity index (χ0n) is 12.3. The number of ether oxygens (including phenoxy) is 1. The van der Waals surface area contributed by atoms with E-state index in [2.05, 4.69) is 5.32 Å². The van der Waals surface area contributed by atoms with Gasteiger partial charge in [0.1, 0.15) is 5.75 Å². The second-order valence-corrected chi connectivity index (χ2v) is 5.26. The Morgan fingerprint density at radius 2 is 2.23 bits per heavy atom. The summed E-state index contributed by atoms with van der Waals surface area (Å²) in [6.45, 7) is 1.12. The Morgan fingerprint density at radius 3 is 2.91 bits per heavy atom. The molecule has 1 aromatic carbocycles. The van der Waals surface area contributed by atoms with E-state index < -0.39 is 11.7 Å². The molecule has 0 radical (unpaired) electrons. The molecule has 1 aromatic rings. The molecule has 2 rings (SSSR count). The normalized spacial score (nSPS) is 18.5. The highest BCUT2D eigenvalue weighted by atomic mass is 19.4. The summed E-state index contributed by atoms with van der Waals surface area (Å²) in [6, 6.07) is 4.68. The van der Waals surface area contributed by atoms with Crippen molar-refractivity contribution < 1.29 is 22.7 Å². The van der Waals surface area contributed by atoms with Crippen LogP contribution in [0.1, 0.15) is 18.4 Å². The Labute approximate surface area is 127 Å². The lowest BCUT2D eigenvalue weighted by Gasteiger charge is -2.24. The van der Waals surface area contributed by atoms with Crippen LogP contribution in [0.15, 0.2) is 24.3 Å². The van der Waals surface area contributed by atoms with Gasteiger partial charge in [0.15, 0.2) is 6.61 Å². The third-order valence-corrected chi connectivity index (χ3v) is 3.66. The van der Waals surface area contributed by atoms with Gasteiger partial charge in [-0.2, -0.15) is 13.2 Å². The van der Waals surface area contributed by atoms with Crippen LogP contribution in [0.2, 0.25) is 0 Å². The highest BCUT2D eigenvalue weighted by Gasteiger charge is 2.31. The lowest BCUT2D eigenvalue weighted by Crippen LogP contribution is -2.43. The Hall–Kier alpha value is -1.76. The summed E-state index contributed by atoms with van der Waals surface area (Å²) in [5.74, 6) is -0.150. The number of benzene rings is 1. The van der Waals surface area contributed by atoms with Crippen molar-refractivity contribution >= 4 is 5.91 Å². The number of likely N-dealkylation sites (tertiary alicyclic amines) is 1. The van der Waals surface area contributed by atoms with Gasteiger partial charge in [-0.05, 0) is 38.1 Å². The maximum Gasteiger partial charge on any atom is 0.416 e. The molecule has 122 valence electrons. The van der Waals surface area contributed by atoms with E-state index >= 15 is 0 Å². The van der Waals surface area contributed by atoms with Gasteiger partial charge in [-0.15, -0.1) is 0 Å². The number of alkyl halides is 3. The van der Waals surface area contributed by atoms with Crippen LogP contribution < -0.4 is 10.1 Å². The van der Waals surface area contributed by atoms with Gasteiger partial charge in [0.2, 0.25) is 0 Å². The molecule has 1 aliphatic rings. The maximum atomic E-state index is 12.6.